The number of fused-ring (bicyclic) bond motifs is 2. The average Bonchev–Trinajstić information content (AvgIpc) is 3.95. The number of hydrazone groups is 1. The van der Waals surface area contributed by atoms with Crippen molar-refractivity contribution in [3.05, 3.63) is 149 Å². The quantitative estimate of drug-likeness (QED) is 0.0835. The molecule has 2 aromatic heterocycles. The van der Waals surface area contributed by atoms with Crippen LogP contribution >= 0.6 is 0 Å². The monoisotopic (exact) mass is 1050 g/mol. The SMILES string of the molecule is CC(=O)OOC(C)=O.O=[N+]([O-])/N=C1/CCC2CCCc3cccc1c32.O=c1[nH]c2ccccc2n1C1CCN(C2CCC3CCCc4cccc2c43)CC1.O=c1[nH]c2ccccc2n1C1CCNCC1.[B-]OC(C)=O.[Na+]. The number of aryl methyl sites for hydroxylation is 2. The van der Waals surface area contributed by atoms with Gasteiger partial charge in [-0.25, -0.2) is 39.1 Å². The van der Waals surface area contributed by atoms with E-state index in [2.05, 4.69) is 78.1 Å². The second kappa shape index (κ2) is 27.3. The van der Waals surface area contributed by atoms with Gasteiger partial charge in [-0.1, -0.05) is 60.7 Å². The fourth-order valence-corrected chi connectivity index (χ4v) is 12.2. The van der Waals surface area contributed by atoms with E-state index in [-0.39, 0.29) is 40.9 Å². The summed E-state index contributed by atoms with van der Waals surface area (Å²) in [5.74, 6) is -0.348. The predicted octanol–water partition coefficient (Wildman–Crippen LogP) is 5.72. The number of carbonyl (C=O) groups is 3. The molecular formula is C56H67BN8NaO10. The Morgan fingerprint density at radius 3 is 1.68 bits per heavy atom. The van der Waals surface area contributed by atoms with Gasteiger partial charge in [0.15, 0.2) is 5.03 Å². The van der Waals surface area contributed by atoms with E-state index in [4.69, 9.17) is 0 Å². The number of H-pyrrole nitrogens is 2. The van der Waals surface area contributed by atoms with Gasteiger partial charge < -0.3 is 28.0 Å². The molecule has 3 N–H and O–H groups in total. The first-order valence-corrected chi connectivity index (χ1v) is 26.3. The van der Waals surface area contributed by atoms with Crippen LogP contribution in [0, 0.1) is 10.1 Å². The van der Waals surface area contributed by atoms with Crippen LogP contribution < -0.4 is 46.3 Å². The maximum atomic E-state index is 12.6. The molecular weight excluding hydrogens is 978 g/mol. The molecule has 4 aromatic carbocycles. The number of imidazole rings is 2. The zero-order valence-corrected chi connectivity index (χ0v) is 46.1. The second-order valence-electron chi connectivity index (χ2n) is 20.0. The molecule has 2 aliphatic heterocycles. The number of benzene rings is 4. The zero-order chi connectivity index (χ0) is 53.0. The molecule has 3 atom stereocenters. The van der Waals surface area contributed by atoms with Crippen LogP contribution in [0.2, 0.25) is 0 Å². The van der Waals surface area contributed by atoms with Crippen LogP contribution in [0.4, 0.5) is 0 Å². The standard InChI is InChI=1S/C25H29N3O.C13H14N2O2.C12H15N3O.C4H6O4.C2H3BO2.Na/c29-25-26-21-9-1-2-10-23(21)28(25)19-13-15-27(16-14-19)22-12-11-18-6-3-5-17-7-4-8-20(22)24(17)18;16-15(17)14-12-8-7-10-4-1-3-9-5-2-6-11(12)13(9)10;16-12-14-10-3-1-2-4-11(10)15(12)9-5-7-13-8-6-9;1-3(5)7-8-4(2)6;1-2(4)5-3;/h1-2,4,7-10,18-19,22H,3,5-6,11-16H2,(H,26,29);2,5-6,10H,1,3-4,7-8H2;1-4,9,13H,5-8H2,(H,14,16);1-2H3;1H3;/q;;;;-1;+1/b;14-12-;;;;. The van der Waals surface area contributed by atoms with Gasteiger partial charge in [0.1, 0.15) is 5.71 Å². The Labute approximate surface area is 465 Å². The Morgan fingerprint density at radius 2 is 1.14 bits per heavy atom. The third-order valence-electron chi connectivity index (χ3n) is 15.3. The third kappa shape index (κ3) is 14.1. The number of hydrogen-bond acceptors (Lipinski definition) is 12. The van der Waals surface area contributed by atoms with Gasteiger partial charge in [0.05, 0.1) is 27.2 Å². The molecule has 2 fully saturated rings. The number of nitrogens with zero attached hydrogens (tertiary/aromatic N) is 5. The molecule has 12 rings (SSSR count). The number of nitrogens with one attached hydrogen (secondary N) is 3. The van der Waals surface area contributed by atoms with Gasteiger partial charge >= 0.3 is 52.9 Å². The van der Waals surface area contributed by atoms with Gasteiger partial charge in [0, 0.05) is 57.5 Å². The van der Waals surface area contributed by atoms with Crippen molar-refractivity contribution in [1.82, 2.24) is 29.3 Å². The number of hydrogen-bond donors (Lipinski definition) is 3. The molecule has 395 valence electrons. The van der Waals surface area contributed by atoms with Crippen molar-refractivity contribution in [3.63, 3.8) is 0 Å². The van der Waals surface area contributed by atoms with Gasteiger partial charge in [-0.15, -0.1) is 0 Å². The summed E-state index contributed by atoms with van der Waals surface area (Å²) in [6, 6.07) is 30.4. The van der Waals surface area contributed by atoms with Gasteiger partial charge in [-0.05, 0) is 167 Å². The van der Waals surface area contributed by atoms with Crippen molar-refractivity contribution in [2.45, 2.75) is 141 Å². The third-order valence-corrected chi connectivity index (χ3v) is 15.3. The van der Waals surface area contributed by atoms with Crippen LogP contribution in [0.3, 0.4) is 0 Å². The summed E-state index contributed by atoms with van der Waals surface area (Å²) >= 11 is 0. The van der Waals surface area contributed by atoms with Gasteiger partial charge in [0.25, 0.3) is 0 Å². The summed E-state index contributed by atoms with van der Waals surface area (Å²) < 4.78 is 7.53. The summed E-state index contributed by atoms with van der Waals surface area (Å²) in [6.07, 6.45) is 16.1. The number of para-hydroxylation sites is 4. The number of rotatable bonds is 4. The Kier molecular flexibility index (Phi) is 20.7. The fraction of sp³-hybridized carbons (Fsp3) is 0.464. The number of carbonyl (C=O) groups excluding carboxylic acids is 3. The molecule has 4 aliphatic carbocycles. The molecule has 4 heterocycles. The Morgan fingerprint density at radius 1 is 0.632 bits per heavy atom. The van der Waals surface area contributed by atoms with Crippen LogP contribution in [0.5, 0.6) is 0 Å². The maximum absolute atomic E-state index is 12.6. The van der Waals surface area contributed by atoms with E-state index in [1.54, 1.807) is 16.7 Å². The Balaban J connectivity index is 0.000000154. The number of aromatic amines is 2. The van der Waals surface area contributed by atoms with Crippen LogP contribution in [-0.4, -0.2) is 86.9 Å². The molecule has 0 saturated carbocycles. The molecule has 0 amide bonds. The van der Waals surface area contributed by atoms with Crippen LogP contribution in [0.15, 0.2) is 99.6 Å². The zero-order valence-electron chi connectivity index (χ0n) is 44.1. The molecule has 3 unspecified atom stereocenters. The minimum atomic E-state index is -0.639. The molecule has 0 spiro atoms. The summed E-state index contributed by atoms with van der Waals surface area (Å²) in [7, 11) is 4.32. The van der Waals surface area contributed by atoms with Gasteiger partial charge in [-0.3, -0.25) is 18.8 Å². The summed E-state index contributed by atoms with van der Waals surface area (Å²) in [4.78, 5) is 80.5. The number of likely N-dealkylation sites (tertiary alicyclic amines) is 1. The number of piperidine rings is 2. The Bertz CT molecular complexity index is 3120. The first-order chi connectivity index (χ1) is 36.3. The second-order valence-corrected chi connectivity index (χ2v) is 20.0. The van der Waals surface area contributed by atoms with Crippen molar-refractivity contribution in [1.29, 1.82) is 0 Å². The van der Waals surface area contributed by atoms with Crippen LogP contribution in [0.25, 0.3) is 22.1 Å². The molecule has 6 aliphatic rings. The van der Waals surface area contributed by atoms with E-state index in [0.717, 1.165) is 119 Å². The van der Waals surface area contributed by atoms with E-state index in [9.17, 15) is 34.1 Å². The molecule has 2 saturated heterocycles. The average molecular weight is 1050 g/mol. The van der Waals surface area contributed by atoms with Crippen molar-refractivity contribution < 1.29 is 63.4 Å². The van der Waals surface area contributed by atoms with E-state index >= 15 is 0 Å². The van der Waals surface area contributed by atoms with E-state index < -0.39 is 22.9 Å². The van der Waals surface area contributed by atoms with Crippen LogP contribution in [-0.2, 0) is 41.7 Å². The van der Waals surface area contributed by atoms with Gasteiger partial charge in [-0.2, -0.15) is 0 Å². The fourth-order valence-electron chi connectivity index (χ4n) is 12.2. The number of nitro groups is 1. The minimum absolute atomic E-state index is 0. The van der Waals surface area contributed by atoms with Crippen molar-refractivity contribution in [2.24, 2.45) is 5.10 Å². The van der Waals surface area contributed by atoms with Crippen molar-refractivity contribution >= 4 is 53.7 Å². The van der Waals surface area contributed by atoms with Crippen molar-refractivity contribution in [2.75, 3.05) is 26.2 Å². The molecule has 18 nitrogen and oxygen atoms in total. The van der Waals surface area contributed by atoms with Crippen LogP contribution in [0.1, 0.15) is 161 Å². The molecule has 0 bridgehead atoms. The maximum Gasteiger partial charge on any atom is 1.00 e. The number of aromatic nitrogens is 4. The minimum Gasteiger partial charge on any atom is -0.793 e. The van der Waals surface area contributed by atoms with E-state index in [1.165, 1.54) is 63.0 Å². The van der Waals surface area contributed by atoms with Crippen molar-refractivity contribution in [3.8, 4) is 0 Å². The van der Waals surface area contributed by atoms with E-state index in [1.807, 2.05) is 63.7 Å². The summed E-state index contributed by atoms with van der Waals surface area (Å²) in [6.45, 7) is 7.67. The first kappa shape index (κ1) is 57.6. The summed E-state index contributed by atoms with van der Waals surface area (Å²) in [5.41, 5.74) is 13.3. The summed E-state index contributed by atoms with van der Waals surface area (Å²) in [5, 5.41) is 16.8. The molecule has 20 heteroatoms. The molecule has 76 heavy (non-hydrogen) atoms. The molecule has 3 radical (unpaired) electrons. The van der Waals surface area contributed by atoms with E-state index in [0.29, 0.717) is 29.8 Å². The largest absolute Gasteiger partial charge is 1.00 e. The normalized spacial score (nSPS) is 20.2. The Hall–Kier alpha value is -6.12. The predicted molar refractivity (Wildman–Crippen MR) is 286 cm³/mol. The topological polar surface area (TPSA) is 225 Å². The molecule has 6 aromatic rings. The first-order valence-electron chi connectivity index (χ1n) is 26.3. The smallest absolute Gasteiger partial charge is 0.793 e. The van der Waals surface area contributed by atoms with Gasteiger partial charge in [0.2, 0.25) is 5.97 Å².